The van der Waals surface area contributed by atoms with Gasteiger partial charge in [0.05, 0.1) is 17.4 Å². The summed E-state index contributed by atoms with van der Waals surface area (Å²) in [5, 5.41) is 2.58. The van der Waals surface area contributed by atoms with Gasteiger partial charge in [0, 0.05) is 55.1 Å². The number of aryl methyl sites for hydroxylation is 2. The van der Waals surface area contributed by atoms with E-state index in [-0.39, 0.29) is 24.6 Å². The van der Waals surface area contributed by atoms with Crippen molar-refractivity contribution < 1.29 is 9.47 Å². The summed E-state index contributed by atoms with van der Waals surface area (Å²) < 4.78 is 18.1. The average molecular weight is 949 g/mol. The Kier molecular flexibility index (Phi) is 9.40. The van der Waals surface area contributed by atoms with Crippen molar-refractivity contribution in [3.8, 4) is 0 Å². The number of hydrogen-bond donors (Lipinski definition) is 0. The number of nitrogens with zero attached hydrogens (tertiary/aromatic N) is 4. The minimum Gasteiger partial charge on any atom is -0.486 e. The Bertz CT molecular complexity index is 3760. The Labute approximate surface area is 424 Å². The van der Waals surface area contributed by atoms with Crippen LogP contribution in [-0.2, 0) is 28.7 Å². The summed E-state index contributed by atoms with van der Waals surface area (Å²) in [6.45, 7) is 4.31. The second-order valence-electron chi connectivity index (χ2n) is 19.9. The van der Waals surface area contributed by atoms with E-state index < -0.39 is 6.23 Å². The van der Waals surface area contributed by atoms with Crippen LogP contribution in [0.3, 0.4) is 0 Å². The first-order valence-electron chi connectivity index (χ1n) is 25.5. The molecule has 6 aliphatic rings. The molecule has 72 heavy (non-hydrogen) atoms. The van der Waals surface area contributed by atoms with Crippen molar-refractivity contribution in [2.75, 3.05) is 14.7 Å². The van der Waals surface area contributed by atoms with Gasteiger partial charge in [-0.2, -0.15) is 0 Å². The van der Waals surface area contributed by atoms with E-state index in [1.54, 1.807) is 0 Å². The first-order valence-corrected chi connectivity index (χ1v) is 26.3. The SMILES string of the molecule is CCc1ccc(C2OC3=C(OC4C3B3c5cc6c(cc5N(c5ccc7cc5C7)c5cc(N(c7ccccc7)c7ccccn7)cc(c53)N4c3ccccc3)sc3ccccc36)C2c2ccc(CC)cc2)cc1. The maximum absolute atomic E-state index is 7.84. The van der Waals surface area contributed by atoms with Crippen LogP contribution in [0.1, 0.15) is 59.3 Å². The van der Waals surface area contributed by atoms with Crippen molar-refractivity contribution >= 4 is 94.8 Å². The van der Waals surface area contributed by atoms with Crippen molar-refractivity contribution in [2.24, 2.45) is 0 Å². The molecule has 0 saturated heterocycles. The molecule has 0 N–H and O–H groups in total. The molecule has 8 aromatic carbocycles. The zero-order chi connectivity index (χ0) is 47.6. The molecule has 16 rings (SSSR count). The van der Waals surface area contributed by atoms with Gasteiger partial charge in [0.25, 0.3) is 0 Å². The van der Waals surface area contributed by atoms with Crippen LogP contribution in [0.15, 0.2) is 212 Å². The molecule has 4 unspecified atom stereocenters. The van der Waals surface area contributed by atoms with Gasteiger partial charge >= 0.3 is 0 Å². The lowest BCUT2D eigenvalue weighted by molar-refractivity contribution is 0.0771. The third-order valence-corrected chi connectivity index (χ3v) is 17.1. The van der Waals surface area contributed by atoms with Gasteiger partial charge < -0.3 is 19.3 Å². The number of fused-ring (bicyclic) bond motifs is 10. The smallest absolute Gasteiger partial charge is 0.235 e. The number of para-hydroxylation sites is 2. The van der Waals surface area contributed by atoms with Gasteiger partial charge in [0.15, 0.2) is 6.23 Å². The summed E-state index contributed by atoms with van der Waals surface area (Å²) in [4.78, 5) is 12.4. The highest BCUT2D eigenvalue weighted by molar-refractivity contribution is 7.26. The van der Waals surface area contributed by atoms with E-state index in [1.807, 2.05) is 23.6 Å². The maximum atomic E-state index is 7.84. The van der Waals surface area contributed by atoms with Crippen LogP contribution in [0, 0.1) is 0 Å². The molecule has 4 atom stereocenters. The number of benzene rings is 8. The fraction of sp³-hybridized carbons (Fsp3) is 0.141. The zero-order valence-corrected chi connectivity index (χ0v) is 40.9. The van der Waals surface area contributed by atoms with Crippen LogP contribution in [0.25, 0.3) is 20.2 Å². The van der Waals surface area contributed by atoms with Crippen LogP contribution >= 0.6 is 11.3 Å². The molecule has 2 bridgehead atoms. The zero-order valence-electron chi connectivity index (χ0n) is 40.1. The lowest BCUT2D eigenvalue weighted by atomic mass is 9.30. The number of aromatic nitrogens is 1. The fourth-order valence-electron chi connectivity index (χ4n) is 12.5. The molecule has 0 saturated carbocycles. The molecule has 0 radical (unpaired) electrons. The summed E-state index contributed by atoms with van der Waals surface area (Å²) in [6.07, 6.45) is 4.11. The molecule has 2 aromatic heterocycles. The van der Waals surface area contributed by atoms with Gasteiger partial charge in [0.2, 0.25) is 6.71 Å². The predicted octanol–water partition coefficient (Wildman–Crippen LogP) is 15.0. The minimum absolute atomic E-state index is 0.133. The second kappa shape index (κ2) is 16.2. The maximum Gasteiger partial charge on any atom is 0.235 e. The molecule has 2 aliphatic carbocycles. The van der Waals surface area contributed by atoms with Gasteiger partial charge in [-0.1, -0.05) is 141 Å². The fourth-order valence-corrected chi connectivity index (χ4v) is 13.7. The van der Waals surface area contributed by atoms with Gasteiger partial charge in [-0.15, -0.1) is 11.3 Å². The monoisotopic (exact) mass is 948 g/mol. The summed E-state index contributed by atoms with van der Waals surface area (Å²) in [5.74, 6) is 2.38. The Balaban J connectivity index is 1.04. The van der Waals surface area contributed by atoms with E-state index in [0.29, 0.717) is 0 Å². The van der Waals surface area contributed by atoms with E-state index in [1.165, 1.54) is 70.3 Å². The number of hydrogen-bond acceptors (Lipinski definition) is 7. The third-order valence-electron chi connectivity index (χ3n) is 16.0. The minimum atomic E-state index is -0.429. The number of rotatable bonds is 9. The first-order chi connectivity index (χ1) is 35.6. The van der Waals surface area contributed by atoms with E-state index in [9.17, 15) is 0 Å². The number of ether oxygens (including phenoxy) is 2. The lowest BCUT2D eigenvalue weighted by Crippen LogP contribution is -2.62. The Morgan fingerprint density at radius 1 is 0.597 bits per heavy atom. The number of thiophene rings is 1. The Morgan fingerprint density at radius 2 is 1.31 bits per heavy atom. The normalized spacial score (nSPS) is 18.8. The molecule has 346 valence electrons. The largest absolute Gasteiger partial charge is 0.486 e. The molecular formula is C64H49BN4O2S. The molecule has 10 aromatic rings. The van der Waals surface area contributed by atoms with Crippen LogP contribution in [0.5, 0.6) is 0 Å². The van der Waals surface area contributed by atoms with Gasteiger partial charge in [-0.3, -0.25) is 4.90 Å². The topological polar surface area (TPSA) is 41.1 Å². The highest BCUT2D eigenvalue weighted by Gasteiger charge is 2.61. The van der Waals surface area contributed by atoms with Crippen molar-refractivity contribution in [2.45, 2.75) is 57.2 Å². The average Bonchev–Trinajstić information content (AvgIpc) is 4.11. The second-order valence-corrected chi connectivity index (χ2v) is 21.0. The number of anilines is 8. The summed E-state index contributed by atoms with van der Waals surface area (Å²) >= 11 is 1.88. The molecule has 4 aliphatic heterocycles. The predicted molar refractivity (Wildman–Crippen MR) is 297 cm³/mol. The highest BCUT2D eigenvalue weighted by atomic mass is 32.1. The molecule has 0 spiro atoms. The van der Waals surface area contributed by atoms with Crippen molar-refractivity contribution in [1.29, 1.82) is 0 Å². The highest BCUT2D eigenvalue weighted by Crippen LogP contribution is 2.61. The quantitative estimate of drug-likeness (QED) is 0.134. The molecular weight excluding hydrogens is 900 g/mol. The van der Waals surface area contributed by atoms with E-state index >= 15 is 0 Å². The first kappa shape index (κ1) is 41.7. The van der Waals surface area contributed by atoms with Gasteiger partial charge in [-0.05, 0) is 136 Å². The molecule has 0 amide bonds. The summed E-state index contributed by atoms with van der Waals surface area (Å²) in [5.41, 5.74) is 18.1. The summed E-state index contributed by atoms with van der Waals surface area (Å²) in [7, 11) is 0. The van der Waals surface area contributed by atoms with Crippen LogP contribution in [0.2, 0.25) is 5.82 Å². The van der Waals surface area contributed by atoms with E-state index in [4.69, 9.17) is 14.5 Å². The standard InChI is InChI=1S/C64H49BN4O2S/c1-3-39-22-27-42(28-23-39)58-61(43-29-24-40(4-2)25-30-43)70-63-60-64(71-62(58)63)68(46-17-9-6-10-18-46)53-35-47(67(45-15-7-5-8-16-45)57-21-13-14-32-66-57)36-54-59(53)65(60)50-37-49-48-19-11-12-20-55(48)72-56(49)38-52(50)69(54)51-31-26-41-33-44(51)34-41/h5-33,35-38,58,60-61,64H,3-4,34H2,1-2H3. The third kappa shape index (κ3) is 6.24. The van der Waals surface area contributed by atoms with Gasteiger partial charge in [-0.25, -0.2) is 4.98 Å². The van der Waals surface area contributed by atoms with E-state index in [0.717, 1.165) is 70.6 Å². The van der Waals surface area contributed by atoms with Crippen LogP contribution < -0.4 is 25.6 Å². The van der Waals surface area contributed by atoms with Crippen LogP contribution in [-0.4, -0.2) is 17.9 Å². The molecule has 6 heterocycles. The Morgan fingerprint density at radius 3 is 2.03 bits per heavy atom. The summed E-state index contributed by atoms with van der Waals surface area (Å²) in [6, 6.07) is 71.8. The molecule has 8 heteroatoms. The molecule has 6 nitrogen and oxygen atoms in total. The van der Waals surface area contributed by atoms with Crippen molar-refractivity contribution in [3.63, 3.8) is 0 Å². The Hall–Kier alpha value is -8.07. The van der Waals surface area contributed by atoms with Crippen LogP contribution in [0.4, 0.5) is 45.6 Å². The van der Waals surface area contributed by atoms with Crippen molar-refractivity contribution in [1.82, 2.24) is 4.98 Å². The van der Waals surface area contributed by atoms with Gasteiger partial charge in [0.1, 0.15) is 23.4 Å². The molecule has 0 fully saturated rings. The van der Waals surface area contributed by atoms with Crippen molar-refractivity contribution in [3.05, 3.63) is 245 Å². The number of pyridine rings is 1. The lowest BCUT2D eigenvalue weighted by Gasteiger charge is -2.49. The van der Waals surface area contributed by atoms with E-state index in [2.05, 4.69) is 217 Å².